The standard InChI is InChI=1S/C11H21NO2/c1-2-3-4-5-6-7-8-9-10(12)11(13)14/h12H,2-9H2,1H3,(H,13,14). The van der Waals surface area contributed by atoms with Crippen molar-refractivity contribution in [2.45, 2.75) is 58.3 Å². The highest BCUT2D eigenvalue weighted by Crippen LogP contribution is 2.08. The summed E-state index contributed by atoms with van der Waals surface area (Å²) in [5.41, 5.74) is -0.154. The highest BCUT2D eigenvalue weighted by Gasteiger charge is 2.04. The van der Waals surface area contributed by atoms with Crippen LogP contribution < -0.4 is 0 Å². The highest BCUT2D eigenvalue weighted by molar-refractivity contribution is 6.34. The summed E-state index contributed by atoms with van der Waals surface area (Å²) in [7, 11) is 0. The molecule has 0 atom stereocenters. The number of nitrogens with one attached hydrogen (secondary N) is 1. The van der Waals surface area contributed by atoms with Crippen molar-refractivity contribution in [1.82, 2.24) is 0 Å². The van der Waals surface area contributed by atoms with Gasteiger partial charge in [-0.1, -0.05) is 45.4 Å². The minimum Gasteiger partial charge on any atom is -0.477 e. The maximum atomic E-state index is 10.3. The van der Waals surface area contributed by atoms with E-state index in [9.17, 15) is 4.79 Å². The maximum Gasteiger partial charge on any atom is 0.349 e. The average molecular weight is 199 g/mol. The predicted octanol–water partition coefficient (Wildman–Crippen LogP) is 3.23. The molecule has 0 bridgehead atoms. The Labute approximate surface area is 86.0 Å². The molecule has 3 heteroatoms. The Kier molecular flexibility index (Phi) is 8.19. The molecule has 0 fully saturated rings. The summed E-state index contributed by atoms with van der Waals surface area (Å²) in [6.07, 6.45) is 8.57. The quantitative estimate of drug-likeness (QED) is 0.442. The molecular weight excluding hydrogens is 178 g/mol. The summed E-state index contributed by atoms with van der Waals surface area (Å²) in [6, 6.07) is 0. The van der Waals surface area contributed by atoms with Gasteiger partial charge in [0.15, 0.2) is 0 Å². The molecule has 0 aliphatic rings. The Morgan fingerprint density at radius 2 is 1.57 bits per heavy atom. The molecule has 0 aliphatic carbocycles. The van der Waals surface area contributed by atoms with Crippen LogP contribution in [-0.4, -0.2) is 16.8 Å². The minimum atomic E-state index is -1.07. The zero-order valence-corrected chi connectivity index (χ0v) is 9.01. The number of hydrogen-bond acceptors (Lipinski definition) is 2. The van der Waals surface area contributed by atoms with Crippen molar-refractivity contribution >= 4 is 11.7 Å². The van der Waals surface area contributed by atoms with Gasteiger partial charge in [0, 0.05) is 0 Å². The lowest BCUT2D eigenvalue weighted by Gasteiger charge is -2.00. The Bertz CT molecular complexity index is 178. The molecular formula is C11H21NO2. The minimum absolute atomic E-state index is 0.154. The lowest BCUT2D eigenvalue weighted by Crippen LogP contribution is -2.10. The molecule has 0 saturated heterocycles. The second kappa shape index (κ2) is 8.73. The van der Waals surface area contributed by atoms with Crippen molar-refractivity contribution in [2.75, 3.05) is 0 Å². The van der Waals surface area contributed by atoms with Crippen molar-refractivity contribution in [3.05, 3.63) is 0 Å². The molecule has 0 rings (SSSR count). The first-order valence-corrected chi connectivity index (χ1v) is 5.49. The number of carbonyl (C=O) groups is 1. The monoisotopic (exact) mass is 199 g/mol. The number of carboxylic acids is 1. The SMILES string of the molecule is CCCCCCCCCC(=N)C(=O)O. The number of hydrogen-bond donors (Lipinski definition) is 2. The lowest BCUT2D eigenvalue weighted by atomic mass is 10.1. The molecule has 0 aliphatic heterocycles. The van der Waals surface area contributed by atoms with E-state index >= 15 is 0 Å². The smallest absolute Gasteiger partial charge is 0.349 e. The Hall–Kier alpha value is -0.860. The van der Waals surface area contributed by atoms with Crippen LogP contribution in [0.3, 0.4) is 0 Å². The van der Waals surface area contributed by atoms with Crippen LogP contribution in [-0.2, 0) is 4.79 Å². The van der Waals surface area contributed by atoms with Gasteiger partial charge in [-0.3, -0.25) is 5.41 Å². The first-order valence-electron chi connectivity index (χ1n) is 5.49. The Balaban J connectivity index is 3.13. The van der Waals surface area contributed by atoms with Crippen LogP contribution in [0.2, 0.25) is 0 Å². The van der Waals surface area contributed by atoms with Gasteiger partial charge in [0.05, 0.1) is 0 Å². The first kappa shape index (κ1) is 13.1. The summed E-state index contributed by atoms with van der Waals surface area (Å²) < 4.78 is 0. The average Bonchev–Trinajstić information content (AvgIpc) is 2.16. The van der Waals surface area contributed by atoms with Crippen molar-refractivity contribution in [3.63, 3.8) is 0 Å². The van der Waals surface area contributed by atoms with Crippen LogP contribution >= 0.6 is 0 Å². The van der Waals surface area contributed by atoms with Crippen molar-refractivity contribution in [2.24, 2.45) is 0 Å². The molecule has 0 aromatic rings. The number of carboxylic acid groups (broad SMARTS) is 1. The second-order valence-electron chi connectivity index (χ2n) is 3.66. The van der Waals surface area contributed by atoms with E-state index in [1.54, 1.807) is 0 Å². The zero-order valence-electron chi connectivity index (χ0n) is 9.01. The van der Waals surface area contributed by atoms with Crippen molar-refractivity contribution in [1.29, 1.82) is 5.41 Å². The van der Waals surface area contributed by atoms with E-state index in [1.165, 1.54) is 32.1 Å². The number of rotatable bonds is 9. The van der Waals surface area contributed by atoms with E-state index in [0.717, 1.165) is 12.8 Å². The highest BCUT2D eigenvalue weighted by atomic mass is 16.4. The zero-order chi connectivity index (χ0) is 10.8. The van der Waals surface area contributed by atoms with E-state index in [4.69, 9.17) is 10.5 Å². The lowest BCUT2D eigenvalue weighted by molar-refractivity contribution is -0.129. The molecule has 3 nitrogen and oxygen atoms in total. The molecule has 0 saturated carbocycles. The molecule has 14 heavy (non-hydrogen) atoms. The van der Waals surface area contributed by atoms with Crippen molar-refractivity contribution in [3.8, 4) is 0 Å². The van der Waals surface area contributed by atoms with Gasteiger partial charge in [-0.15, -0.1) is 0 Å². The van der Waals surface area contributed by atoms with Gasteiger partial charge in [-0.2, -0.15) is 0 Å². The second-order valence-corrected chi connectivity index (χ2v) is 3.66. The van der Waals surface area contributed by atoms with E-state index in [0.29, 0.717) is 6.42 Å². The van der Waals surface area contributed by atoms with Crippen LogP contribution in [0.5, 0.6) is 0 Å². The van der Waals surface area contributed by atoms with E-state index in [-0.39, 0.29) is 5.71 Å². The molecule has 0 aromatic heterocycles. The molecule has 0 heterocycles. The van der Waals surface area contributed by atoms with E-state index in [1.807, 2.05) is 0 Å². The van der Waals surface area contributed by atoms with Gasteiger partial charge in [-0.25, -0.2) is 4.79 Å². The van der Waals surface area contributed by atoms with Gasteiger partial charge in [0.25, 0.3) is 0 Å². The van der Waals surface area contributed by atoms with Crippen LogP contribution in [0.15, 0.2) is 0 Å². The summed E-state index contributed by atoms with van der Waals surface area (Å²) in [5.74, 6) is -1.07. The van der Waals surface area contributed by atoms with Gasteiger partial charge in [0.2, 0.25) is 0 Å². The summed E-state index contributed by atoms with van der Waals surface area (Å²) in [6.45, 7) is 2.19. The topological polar surface area (TPSA) is 61.2 Å². The molecule has 0 aromatic carbocycles. The fourth-order valence-electron chi connectivity index (χ4n) is 1.37. The van der Waals surface area contributed by atoms with E-state index < -0.39 is 5.97 Å². The van der Waals surface area contributed by atoms with Gasteiger partial charge < -0.3 is 5.11 Å². The van der Waals surface area contributed by atoms with Gasteiger partial charge in [0.1, 0.15) is 5.71 Å². The number of unbranched alkanes of at least 4 members (excludes halogenated alkanes) is 6. The van der Waals surface area contributed by atoms with Crippen molar-refractivity contribution < 1.29 is 9.90 Å². The Morgan fingerprint density at radius 3 is 2.07 bits per heavy atom. The summed E-state index contributed by atoms with van der Waals surface area (Å²) in [4.78, 5) is 10.3. The first-order chi connectivity index (χ1) is 6.68. The molecule has 82 valence electrons. The van der Waals surface area contributed by atoms with Crippen LogP contribution in [0.1, 0.15) is 58.3 Å². The number of aliphatic carboxylic acids is 1. The van der Waals surface area contributed by atoms with Gasteiger partial charge >= 0.3 is 5.97 Å². The predicted molar refractivity (Wildman–Crippen MR) is 58.0 cm³/mol. The molecule has 0 amide bonds. The molecule has 0 unspecified atom stereocenters. The molecule has 2 N–H and O–H groups in total. The normalized spacial score (nSPS) is 10.1. The third kappa shape index (κ3) is 7.77. The van der Waals surface area contributed by atoms with Crippen LogP contribution in [0, 0.1) is 5.41 Å². The fourth-order valence-corrected chi connectivity index (χ4v) is 1.37. The maximum absolute atomic E-state index is 10.3. The van der Waals surface area contributed by atoms with Gasteiger partial charge in [-0.05, 0) is 12.8 Å². The summed E-state index contributed by atoms with van der Waals surface area (Å²) >= 11 is 0. The van der Waals surface area contributed by atoms with Crippen LogP contribution in [0.25, 0.3) is 0 Å². The molecule has 0 radical (unpaired) electrons. The Morgan fingerprint density at radius 1 is 1.07 bits per heavy atom. The largest absolute Gasteiger partial charge is 0.477 e. The summed E-state index contributed by atoms with van der Waals surface area (Å²) in [5, 5.41) is 15.5. The van der Waals surface area contributed by atoms with E-state index in [2.05, 4.69) is 6.92 Å². The third-order valence-electron chi connectivity index (χ3n) is 2.29. The third-order valence-corrected chi connectivity index (χ3v) is 2.29. The van der Waals surface area contributed by atoms with Crippen LogP contribution in [0.4, 0.5) is 0 Å². The molecule has 0 spiro atoms. The fraction of sp³-hybridized carbons (Fsp3) is 0.818.